The van der Waals surface area contributed by atoms with E-state index in [1.165, 1.54) is 23.3 Å². The average molecular weight is 275 g/mol. The minimum Gasteiger partial charge on any atom is -0.313 e. The lowest BCUT2D eigenvalue weighted by atomic mass is 9.96. The fourth-order valence-electron chi connectivity index (χ4n) is 2.32. The molecule has 0 aromatic heterocycles. The van der Waals surface area contributed by atoms with Gasteiger partial charge in [-0.15, -0.1) is 0 Å². The first-order valence-electron chi connectivity index (χ1n) is 6.69. The zero-order chi connectivity index (χ0) is 14.7. The highest BCUT2D eigenvalue weighted by Crippen LogP contribution is 2.23. The third-order valence-electron chi connectivity index (χ3n) is 3.69. The monoisotopic (exact) mass is 275 g/mol. The van der Waals surface area contributed by atoms with Gasteiger partial charge in [-0.3, -0.25) is 0 Å². The summed E-state index contributed by atoms with van der Waals surface area (Å²) in [6, 6.07) is 9.52. The minimum atomic E-state index is -0.415. The molecule has 0 radical (unpaired) electrons. The number of likely N-dealkylation sites (N-methyl/N-ethyl adjacent to an activating group) is 1. The molecule has 0 saturated heterocycles. The third-order valence-corrected chi connectivity index (χ3v) is 3.69. The number of hydrogen-bond donors (Lipinski definition) is 1. The lowest BCUT2D eigenvalue weighted by molar-refractivity contribution is 0.523. The Labute approximate surface area is 118 Å². The Hall–Kier alpha value is -1.74. The van der Waals surface area contributed by atoms with Crippen molar-refractivity contribution in [2.75, 3.05) is 7.05 Å². The number of halogens is 2. The molecule has 0 amide bonds. The highest BCUT2D eigenvalue weighted by Gasteiger charge is 2.15. The molecule has 0 saturated carbocycles. The zero-order valence-corrected chi connectivity index (χ0v) is 12.0. The van der Waals surface area contributed by atoms with Gasteiger partial charge in [0.2, 0.25) is 0 Å². The van der Waals surface area contributed by atoms with Crippen molar-refractivity contribution < 1.29 is 8.78 Å². The highest BCUT2D eigenvalue weighted by atomic mass is 19.1. The van der Waals surface area contributed by atoms with Crippen LogP contribution in [-0.4, -0.2) is 7.05 Å². The van der Waals surface area contributed by atoms with E-state index >= 15 is 0 Å². The van der Waals surface area contributed by atoms with Gasteiger partial charge in [-0.1, -0.05) is 18.2 Å². The first-order valence-corrected chi connectivity index (χ1v) is 6.69. The highest BCUT2D eigenvalue weighted by molar-refractivity contribution is 5.32. The first-order chi connectivity index (χ1) is 9.51. The fourth-order valence-corrected chi connectivity index (χ4v) is 2.32. The van der Waals surface area contributed by atoms with Gasteiger partial charge in [0.25, 0.3) is 0 Å². The quantitative estimate of drug-likeness (QED) is 0.886. The van der Waals surface area contributed by atoms with E-state index in [1.54, 1.807) is 7.05 Å². The van der Waals surface area contributed by atoms with Crippen molar-refractivity contribution in [2.45, 2.75) is 26.3 Å². The summed E-state index contributed by atoms with van der Waals surface area (Å²) in [6.45, 7) is 4.11. The molecule has 0 aliphatic rings. The van der Waals surface area contributed by atoms with Gasteiger partial charge in [0.1, 0.15) is 11.6 Å². The molecule has 2 aromatic rings. The molecule has 1 unspecified atom stereocenters. The van der Waals surface area contributed by atoms with Crippen LogP contribution in [0.5, 0.6) is 0 Å². The Kier molecular flexibility index (Phi) is 4.50. The standard InChI is InChI=1S/C17H19F2N/c1-11-4-5-13(8-12(11)2)9-17(20-3)15-10-14(18)6-7-16(15)19/h4-8,10,17,20H,9H2,1-3H3. The Bertz CT molecular complexity index is 608. The van der Waals surface area contributed by atoms with Gasteiger partial charge in [-0.05, 0) is 62.2 Å². The molecule has 1 atom stereocenters. The lowest BCUT2D eigenvalue weighted by Crippen LogP contribution is -2.20. The largest absolute Gasteiger partial charge is 0.313 e. The Morgan fingerprint density at radius 3 is 2.40 bits per heavy atom. The Morgan fingerprint density at radius 1 is 1.00 bits per heavy atom. The van der Waals surface area contributed by atoms with Crippen LogP contribution in [-0.2, 0) is 6.42 Å². The maximum absolute atomic E-state index is 13.8. The summed E-state index contributed by atoms with van der Waals surface area (Å²) >= 11 is 0. The van der Waals surface area contributed by atoms with Crippen LogP contribution in [0.1, 0.15) is 28.3 Å². The summed E-state index contributed by atoms with van der Waals surface area (Å²) in [4.78, 5) is 0. The predicted octanol–water partition coefficient (Wildman–Crippen LogP) is 4.08. The summed E-state index contributed by atoms with van der Waals surface area (Å²) in [5.41, 5.74) is 3.91. The lowest BCUT2D eigenvalue weighted by Gasteiger charge is -2.18. The van der Waals surface area contributed by atoms with E-state index in [0.29, 0.717) is 12.0 Å². The molecule has 0 bridgehead atoms. The molecule has 0 aliphatic carbocycles. The molecule has 2 aromatic carbocycles. The summed E-state index contributed by atoms with van der Waals surface area (Å²) in [5, 5.41) is 3.06. The normalized spacial score (nSPS) is 12.4. The summed E-state index contributed by atoms with van der Waals surface area (Å²) in [6.07, 6.45) is 0.623. The molecule has 1 nitrogen and oxygen atoms in total. The van der Waals surface area contributed by atoms with Gasteiger partial charge in [-0.25, -0.2) is 8.78 Å². The second-order valence-electron chi connectivity index (χ2n) is 5.13. The fraction of sp³-hybridized carbons (Fsp3) is 0.294. The van der Waals surface area contributed by atoms with Crippen molar-refractivity contribution in [3.05, 3.63) is 70.3 Å². The van der Waals surface area contributed by atoms with E-state index in [4.69, 9.17) is 0 Å². The number of benzene rings is 2. The van der Waals surface area contributed by atoms with Gasteiger partial charge in [0.05, 0.1) is 0 Å². The van der Waals surface area contributed by atoms with Crippen LogP contribution in [0.4, 0.5) is 8.78 Å². The van der Waals surface area contributed by atoms with Crippen molar-refractivity contribution in [2.24, 2.45) is 0 Å². The van der Waals surface area contributed by atoms with E-state index in [9.17, 15) is 8.78 Å². The van der Waals surface area contributed by atoms with Crippen LogP contribution in [0.2, 0.25) is 0 Å². The number of aryl methyl sites for hydroxylation is 2. The maximum atomic E-state index is 13.8. The Balaban J connectivity index is 2.28. The van der Waals surface area contributed by atoms with Crippen LogP contribution in [0.15, 0.2) is 36.4 Å². The van der Waals surface area contributed by atoms with Crippen LogP contribution in [0, 0.1) is 25.5 Å². The van der Waals surface area contributed by atoms with Gasteiger partial charge in [-0.2, -0.15) is 0 Å². The van der Waals surface area contributed by atoms with Crippen molar-refractivity contribution >= 4 is 0 Å². The Morgan fingerprint density at radius 2 is 1.75 bits per heavy atom. The minimum absolute atomic E-state index is 0.243. The molecule has 0 fully saturated rings. The molecule has 1 N–H and O–H groups in total. The second-order valence-corrected chi connectivity index (χ2v) is 5.13. The molecule has 106 valence electrons. The average Bonchev–Trinajstić information content (AvgIpc) is 2.43. The smallest absolute Gasteiger partial charge is 0.128 e. The molecule has 0 heterocycles. The molecule has 2 rings (SSSR count). The predicted molar refractivity (Wildman–Crippen MR) is 77.8 cm³/mol. The van der Waals surface area contributed by atoms with Crippen LogP contribution < -0.4 is 5.32 Å². The van der Waals surface area contributed by atoms with Gasteiger partial charge in [0.15, 0.2) is 0 Å². The topological polar surface area (TPSA) is 12.0 Å². The summed E-state index contributed by atoms with van der Waals surface area (Å²) < 4.78 is 27.2. The molecule has 20 heavy (non-hydrogen) atoms. The van der Waals surface area contributed by atoms with Crippen molar-refractivity contribution in [1.29, 1.82) is 0 Å². The van der Waals surface area contributed by atoms with E-state index in [2.05, 4.69) is 31.3 Å². The van der Waals surface area contributed by atoms with E-state index in [0.717, 1.165) is 11.6 Å². The number of nitrogens with one attached hydrogen (secondary N) is 1. The first kappa shape index (κ1) is 14.7. The SMILES string of the molecule is CNC(Cc1ccc(C)c(C)c1)c1cc(F)ccc1F. The number of hydrogen-bond acceptors (Lipinski definition) is 1. The van der Waals surface area contributed by atoms with Crippen molar-refractivity contribution in [3.8, 4) is 0 Å². The van der Waals surface area contributed by atoms with Crippen LogP contribution >= 0.6 is 0 Å². The van der Waals surface area contributed by atoms with Crippen LogP contribution in [0.3, 0.4) is 0 Å². The second kappa shape index (κ2) is 6.14. The maximum Gasteiger partial charge on any atom is 0.128 e. The van der Waals surface area contributed by atoms with Gasteiger partial charge in [0, 0.05) is 11.6 Å². The van der Waals surface area contributed by atoms with E-state index in [-0.39, 0.29) is 11.9 Å². The van der Waals surface area contributed by atoms with E-state index in [1.807, 2.05) is 6.07 Å². The zero-order valence-electron chi connectivity index (χ0n) is 12.0. The third kappa shape index (κ3) is 3.23. The molecular weight excluding hydrogens is 256 g/mol. The summed E-state index contributed by atoms with van der Waals surface area (Å²) in [5.74, 6) is -0.795. The van der Waals surface area contributed by atoms with E-state index < -0.39 is 5.82 Å². The van der Waals surface area contributed by atoms with Crippen molar-refractivity contribution in [1.82, 2.24) is 5.32 Å². The van der Waals surface area contributed by atoms with Crippen molar-refractivity contribution in [3.63, 3.8) is 0 Å². The number of rotatable bonds is 4. The van der Waals surface area contributed by atoms with Gasteiger partial charge >= 0.3 is 0 Å². The van der Waals surface area contributed by atoms with Gasteiger partial charge < -0.3 is 5.32 Å². The van der Waals surface area contributed by atoms with Crippen LogP contribution in [0.25, 0.3) is 0 Å². The molecule has 0 spiro atoms. The molecule has 0 aliphatic heterocycles. The summed E-state index contributed by atoms with van der Waals surface area (Å²) in [7, 11) is 1.76. The molecular formula is C17H19F2N. The molecule has 3 heteroatoms.